The molecule has 1 saturated heterocycles. The van der Waals surface area contributed by atoms with Crippen LogP contribution in [0.3, 0.4) is 0 Å². The van der Waals surface area contributed by atoms with E-state index < -0.39 is 5.54 Å². The van der Waals surface area contributed by atoms with Crippen LogP contribution in [0.25, 0.3) is 10.8 Å². The van der Waals surface area contributed by atoms with Gasteiger partial charge in [-0.2, -0.15) is 5.26 Å². The van der Waals surface area contributed by atoms with Crippen LogP contribution in [0.4, 0.5) is 0 Å². The molecule has 1 amide bonds. The van der Waals surface area contributed by atoms with Gasteiger partial charge in [0, 0.05) is 32.7 Å². The highest BCUT2D eigenvalue weighted by atomic mass is 16.2. The lowest BCUT2D eigenvalue weighted by Gasteiger charge is -2.35. The first kappa shape index (κ1) is 18.9. The van der Waals surface area contributed by atoms with Crippen LogP contribution in [0, 0.1) is 17.2 Å². The minimum atomic E-state index is -0.701. The van der Waals surface area contributed by atoms with Gasteiger partial charge in [-0.3, -0.25) is 14.6 Å². The van der Waals surface area contributed by atoms with Crippen LogP contribution in [0.2, 0.25) is 0 Å². The van der Waals surface area contributed by atoms with Crippen LogP contribution in [0.1, 0.15) is 25.3 Å². The van der Waals surface area contributed by atoms with Crippen LogP contribution < -0.4 is 5.32 Å². The lowest BCUT2D eigenvalue weighted by molar-refractivity contribution is -0.124. The summed E-state index contributed by atoms with van der Waals surface area (Å²) in [4.78, 5) is 17.1. The molecule has 28 heavy (non-hydrogen) atoms. The van der Waals surface area contributed by atoms with Crippen molar-refractivity contribution in [3.05, 3.63) is 48.0 Å². The predicted octanol–water partition coefficient (Wildman–Crippen LogP) is 2.77. The van der Waals surface area contributed by atoms with Crippen molar-refractivity contribution in [2.45, 2.75) is 31.8 Å². The van der Waals surface area contributed by atoms with Crippen molar-refractivity contribution in [1.82, 2.24) is 15.1 Å². The second kappa shape index (κ2) is 7.90. The Morgan fingerprint density at radius 3 is 2.50 bits per heavy atom. The van der Waals surface area contributed by atoms with Gasteiger partial charge in [0.1, 0.15) is 5.54 Å². The van der Waals surface area contributed by atoms with E-state index in [1.54, 1.807) is 0 Å². The van der Waals surface area contributed by atoms with Crippen molar-refractivity contribution in [3.8, 4) is 6.07 Å². The Hall–Kier alpha value is -2.42. The molecule has 5 nitrogen and oxygen atoms in total. The van der Waals surface area contributed by atoms with Gasteiger partial charge >= 0.3 is 0 Å². The maximum Gasteiger partial charge on any atom is 0.235 e. The van der Waals surface area contributed by atoms with Crippen molar-refractivity contribution < 1.29 is 4.79 Å². The molecular weight excluding hydrogens is 348 g/mol. The second-order valence-electron chi connectivity index (χ2n) is 8.33. The van der Waals surface area contributed by atoms with Crippen LogP contribution in [-0.2, 0) is 11.3 Å². The number of nitrogens with zero attached hydrogens (tertiary/aromatic N) is 3. The van der Waals surface area contributed by atoms with Crippen molar-refractivity contribution in [2.24, 2.45) is 5.92 Å². The van der Waals surface area contributed by atoms with E-state index in [4.69, 9.17) is 0 Å². The molecule has 0 bridgehead atoms. The molecule has 0 unspecified atom stereocenters. The topological polar surface area (TPSA) is 59.4 Å². The molecule has 1 aliphatic heterocycles. The van der Waals surface area contributed by atoms with E-state index in [1.165, 1.54) is 16.3 Å². The number of amides is 1. The van der Waals surface area contributed by atoms with Crippen molar-refractivity contribution in [1.29, 1.82) is 5.26 Å². The van der Waals surface area contributed by atoms with Crippen molar-refractivity contribution in [3.63, 3.8) is 0 Å². The van der Waals surface area contributed by atoms with Gasteiger partial charge in [-0.1, -0.05) is 42.5 Å². The van der Waals surface area contributed by atoms with Crippen LogP contribution >= 0.6 is 0 Å². The zero-order valence-electron chi connectivity index (χ0n) is 16.5. The van der Waals surface area contributed by atoms with E-state index in [2.05, 4.69) is 63.7 Å². The molecule has 146 valence electrons. The highest BCUT2D eigenvalue weighted by molar-refractivity contribution is 5.85. The number of carbonyl (C=O) groups excluding carboxylic acids is 1. The number of carbonyl (C=O) groups is 1. The van der Waals surface area contributed by atoms with Gasteiger partial charge in [-0.05, 0) is 42.0 Å². The molecule has 0 spiro atoms. The highest BCUT2D eigenvalue weighted by Gasteiger charge is 2.43. The molecule has 0 aromatic heterocycles. The number of benzene rings is 2. The first-order valence-corrected chi connectivity index (χ1v) is 10.2. The highest BCUT2D eigenvalue weighted by Crippen LogP contribution is 2.39. The molecule has 1 atom stereocenters. The average molecular weight is 377 g/mol. The Morgan fingerprint density at radius 1 is 1.11 bits per heavy atom. The summed E-state index contributed by atoms with van der Waals surface area (Å²) in [5.41, 5.74) is 0.659. The Balaban J connectivity index is 1.29. The molecule has 5 heteroatoms. The number of rotatable bonds is 6. The Kier molecular flexibility index (Phi) is 5.34. The molecule has 2 aliphatic rings. The minimum Gasteiger partial charge on any atom is -0.337 e. The Bertz CT molecular complexity index is 888. The second-order valence-corrected chi connectivity index (χ2v) is 8.33. The molecule has 1 saturated carbocycles. The largest absolute Gasteiger partial charge is 0.337 e. The monoisotopic (exact) mass is 376 g/mol. The molecular formula is C23H28N4O. The van der Waals surface area contributed by atoms with Gasteiger partial charge in [0.15, 0.2) is 0 Å². The zero-order valence-corrected chi connectivity index (χ0v) is 16.5. The van der Waals surface area contributed by atoms with Crippen LogP contribution in [-0.4, -0.2) is 54.0 Å². The Morgan fingerprint density at radius 2 is 1.79 bits per heavy atom. The summed E-state index contributed by atoms with van der Waals surface area (Å²) in [6.07, 6.45) is 2.08. The maximum atomic E-state index is 12.4. The number of hydrogen-bond acceptors (Lipinski definition) is 4. The number of nitrogens with one attached hydrogen (secondary N) is 1. The fourth-order valence-corrected chi connectivity index (χ4v) is 4.19. The molecule has 1 aliphatic carbocycles. The normalized spacial score (nSPS) is 20.4. The summed E-state index contributed by atoms with van der Waals surface area (Å²) in [6, 6.07) is 17.3. The van der Waals surface area contributed by atoms with Gasteiger partial charge in [0.05, 0.1) is 12.6 Å². The van der Waals surface area contributed by atoms with Gasteiger partial charge in [-0.25, -0.2) is 0 Å². The summed E-state index contributed by atoms with van der Waals surface area (Å²) in [5, 5.41) is 15.0. The summed E-state index contributed by atoms with van der Waals surface area (Å²) < 4.78 is 0. The van der Waals surface area contributed by atoms with Gasteiger partial charge in [-0.15, -0.1) is 0 Å². The number of piperazine rings is 1. The Labute approximate surface area is 166 Å². The summed E-state index contributed by atoms with van der Waals surface area (Å²) in [7, 11) is 0. The third kappa shape index (κ3) is 4.19. The number of hydrogen-bond donors (Lipinski definition) is 1. The summed E-state index contributed by atoms with van der Waals surface area (Å²) >= 11 is 0. The molecule has 0 radical (unpaired) electrons. The quantitative estimate of drug-likeness (QED) is 0.842. The lowest BCUT2D eigenvalue weighted by atomic mass is 9.98. The summed E-state index contributed by atoms with van der Waals surface area (Å²) in [5.74, 6) is 0.289. The van der Waals surface area contributed by atoms with E-state index in [1.807, 2.05) is 6.92 Å². The molecule has 2 aromatic rings. The fraction of sp³-hybridized carbons (Fsp3) is 0.478. The van der Waals surface area contributed by atoms with Gasteiger partial charge in [0.2, 0.25) is 5.91 Å². The third-order valence-corrected chi connectivity index (χ3v) is 6.13. The molecule has 1 N–H and O–H groups in total. The first-order chi connectivity index (χ1) is 13.6. The standard InChI is InChI=1S/C23H28N4O/c1-23(17-24,20-9-10-20)25-22(28)16-27-13-11-26(12-14-27)15-19-7-4-6-18-5-2-3-8-21(18)19/h2-8,20H,9-16H2,1H3,(H,25,28)/t23-/m0/s1. The SMILES string of the molecule is C[C@@](C#N)(NC(=O)CN1CCN(Cc2cccc3ccccc23)CC1)C1CC1. The van der Waals surface area contributed by atoms with E-state index >= 15 is 0 Å². The number of nitriles is 1. The van der Waals surface area contributed by atoms with Crippen molar-refractivity contribution in [2.75, 3.05) is 32.7 Å². The third-order valence-electron chi connectivity index (χ3n) is 6.13. The zero-order chi connectivity index (χ0) is 19.6. The average Bonchev–Trinajstić information content (AvgIpc) is 3.55. The van der Waals surface area contributed by atoms with Crippen molar-refractivity contribution >= 4 is 16.7 Å². The van der Waals surface area contributed by atoms with E-state index in [9.17, 15) is 10.1 Å². The number of fused-ring (bicyclic) bond motifs is 1. The molecule has 4 rings (SSSR count). The molecule has 2 fully saturated rings. The van der Waals surface area contributed by atoms with E-state index in [0.29, 0.717) is 12.5 Å². The van der Waals surface area contributed by atoms with Gasteiger partial charge < -0.3 is 5.32 Å². The molecule has 2 aromatic carbocycles. The maximum absolute atomic E-state index is 12.4. The first-order valence-electron chi connectivity index (χ1n) is 10.2. The van der Waals surface area contributed by atoms with E-state index in [-0.39, 0.29) is 5.91 Å². The lowest BCUT2D eigenvalue weighted by Crippen LogP contribution is -2.53. The minimum absolute atomic E-state index is 0.0292. The van der Waals surface area contributed by atoms with Crippen LogP contribution in [0.5, 0.6) is 0 Å². The van der Waals surface area contributed by atoms with Crippen LogP contribution in [0.15, 0.2) is 42.5 Å². The van der Waals surface area contributed by atoms with Gasteiger partial charge in [0.25, 0.3) is 0 Å². The fourth-order valence-electron chi connectivity index (χ4n) is 4.19. The molecule has 1 heterocycles. The predicted molar refractivity (Wildman–Crippen MR) is 111 cm³/mol. The van der Waals surface area contributed by atoms with E-state index in [0.717, 1.165) is 45.6 Å². The summed E-state index contributed by atoms with van der Waals surface area (Å²) in [6.45, 7) is 6.84. The smallest absolute Gasteiger partial charge is 0.235 e.